The van der Waals surface area contributed by atoms with Crippen LogP contribution in [0.1, 0.15) is 30.0 Å². The second-order valence-electron chi connectivity index (χ2n) is 4.70. The quantitative estimate of drug-likeness (QED) is 0.904. The molecule has 1 fully saturated rings. The van der Waals surface area contributed by atoms with Gasteiger partial charge in [-0.2, -0.15) is 0 Å². The van der Waals surface area contributed by atoms with Gasteiger partial charge in [0.25, 0.3) is 0 Å². The van der Waals surface area contributed by atoms with E-state index in [2.05, 4.69) is 17.2 Å². The molecule has 0 saturated carbocycles. The molecular weight excluding hydrogens is 256 g/mol. The highest BCUT2D eigenvalue weighted by Gasteiger charge is 2.27. The van der Waals surface area contributed by atoms with Crippen LogP contribution in [0.3, 0.4) is 0 Å². The molecule has 1 aliphatic heterocycles. The van der Waals surface area contributed by atoms with E-state index in [0.717, 1.165) is 18.7 Å². The number of nitrogens with one attached hydrogen (secondary N) is 1. The normalized spacial score (nSPS) is 24.9. The van der Waals surface area contributed by atoms with Crippen molar-refractivity contribution in [3.8, 4) is 0 Å². The van der Waals surface area contributed by atoms with Crippen molar-refractivity contribution in [1.29, 1.82) is 0 Å². The number of rotatable bonds is 4. The smallest absolute Gasteiger partial charge is 0.150 e. The average molecular weight is 274 g/mol. The van der Waals surface area contributed by atoms with Gasteiger partial charge >= 0.3 is 0 Å². The molecule has 2 unspecified atom stereocenters. The third-order valence-electron chi connectivity index (χ3n) is 3.22. The maximum Gasteiger partial charge on any atom is 0.150 e. The molecule has 96 valence electrons. The number of thiazole rings is 1. The Labute approximate surface area is 106 Å². The SMILES string of the molecule is Cc1ncsc1C(C)NCC1CCS(=O)(=O)C1. The lowest BCUT2D eigenvalue weighted by atomic mass is 10.1. The maximum absolute atomic E-state index is 11.3. The molecule has 1 N–H and O–H groups in total. The Morgan fingerprint density at radius 1 is 1.65 bits per heavy atom. The van der Waals surface area contributed by atoms with Crippen molar-refractivity contribution in [3.63, 3.8) is 0 Å². The number of nitrogens with zero attached hydrogens (tertiary/aromatic N) is 1. The first-order valence-electron chi connectivity index (χ1n) is 5.82. The summed E-state index contributed by atoms with van der Waals surface area (Å²) in [6.45, 7) is 4.88. The van der Waals surface area contributed by atoms with Gasteiger partial charge in [-0.25, -0.2) is 13.4 Å². The lowest BCUT2D eigenvalue weighted by Crippen LogP contribution is -2.26. The molecule has 0 bridgehead atoms. The second-order valence-corrected chi connectivity index (χ2v) is 7.82. The van der Waals surface area contributed by atoms with Crippen LogP contribution in [-0.2, 0) is 9.84 Å². The van der Waals surface area contributed by atoms with Gasteiger partial charge in [-0.05, 0) is 32.7 Å². The van der Waals surface area contributed by atoms with Crippen LogP contribution in [0.25, 0.3) is 0 Å². The van der Waals surface area contributed by atoms with Crippen LogP contribution >= 0.6 is 11.3 Å². The van der Waals surface area contributed by atoms with Crippen molar-refractivity contribution in [3.05, 3.63) is 16.1 Å². The lowest BCUT2D eigenvalue weighted by molar-refractivity contribution is 0.478. The molecule has 0 radical (unpaired) electrons. The molecule has 6 heteroatoms. The van der Waals surface area contributed by atoms with E-state index in [9.17, 15) is 8.42 Å². The van der Waals surface area contributed by atoms with Crippen molar-refractivity contribution in [2.45, 2.75) is 26.3 Å². The molecule has 1 aromatic rings. The van der Waals surface area contributed by atoms with E-state index in [1.165, 1.54) is 4.88 Å². The molecular formula is C11H18N2O2S2. The van der Waals surface area contributed by atoms with Gasteiger partial charge in [0.15, 0.2) is 9.84 Å². The molecule has 2 atom stereocenters. The Hall–Kier alpha value is -0.460. The summed E-state index contributed by atoms with van der Waals surface area (Å²) >= 11 is 1.65. The predicted octanol–water partition coefficient (Wildman–Crippen LogP) is 1.54. The molecule has 2 heterocycles. The summed E-state index contributed by atoms with van der Waals surface area (Å²) in [6.07, 6.45) is 0.795. The monoisotopic (exact) mass is 274 g/mol. The second kappa shape index (κ2) is 5.04. The summed E-state index contributed by atoms with van der Waals surface area (Å²) in [6, 6.07) is 0.255. The summed E-state index contributed by atoms with van der Waals surface area (Å²) in [4.78, 5) is 5.46. The molecule has 0 spiro atoms. The fourth-order valence-electron chi connectivity index (χ4n) is 2.20. The van der Waals surface area contributed by atoms with Gasteiger partial charge in [0.2, 0.25) is 0 Å². The van der Waals surface area contributed by atoms with E-state index in [4.69, 9.17) is 0 Å². The summed E-state index contributed by atoms with van der Waals surface area (Å²) < 4.78 is 22.7. The van der Waals surface area contributed by atoms with Crippen molar-refractivity contribution in [2.24, 2.45) is 5.92 Å². The van der Waals surface area contributed by atoms with E-state index in [0.29, 0.717) is 11.5 Å². The van der Waals surface area contributed by atoms with Crippen molar-refractivity contribution in [1.82, 2.24) is 10.3 Å². The Morgan fingerprint density at radius 3 is 2.94 bits per heavy atom. The fraction of sp³-hybridized carbons (Fsp3) is 0.727. The number of hydrogen-bond acceptors (Lipinski definition) is 5. The maximum atomic E-state index is 11.3. The highest BCUT2D eigenvalue weighted by Crippen LogP contribution is 2.23. The zero-order chi connectivity index (χ0) is 12.5. The Morgan fingerprint density at radius 2 is 2.41 bits per heavy atom. The number of hydrogen-bond donors (Lipinski definition) is 1. The van der Waals surface area contributed by atoms with Crippen LogP contribution in [0.2, 0.25) is 0 Å². The highest BCUT2D eigenvalue weighted by atomic mass is 32.2. The first-order chi connectivity index (χ1) is 7.98. The molecule has 2 rings (SSSR count). The van der Waals surface area contributed by atoms with Gasteiger partial charge in [0.1, 0.15) is 0 Å². The standard InChI is InChI=1S/C11H18N2O2S2/c1-8(11-9(2)13-7-16-11)12-5-10-3-4-17(14,15)6-10/h7-8,10,12H,3-6H2,1-2H3. The summed E-state index contributed by atoms with van der Waals surface area (Å²) in [5.41, 5.74) is 2.91. The fourth-order valence-corrected chi connectivity index (χ4v) is 4.89. The van der Waals surface area contributed by atoms with Crippen LogP contribution < -0.4 is 5.32 Å². The summed E-state index contributed by atoms with van der Waals surface area (Å²) in [7, 11) is -2.76. The summed E-state index contributed by atoms with van der Waals surface area (Å²) in [5.74, 6) is 0.970. The zero-order valence-electron chi connectivity index (χ0n) is 10.1. The summed E-state index contributed by atoms with van der Waals surface area (Å²) in [5, 5.41) is 3.41. The topological polar surface area (TPSA) is 59.1 Å². The third-order valence-corrected chi connectivity index (χ3v) is 6.17. The average Bonchev–Trinajstić information content (AvgIpc) is 2.81. The van der Waals surface area contributed by atoms with Crippen LogP contribution in [0.5, 0.6) is 0 Å². The van der Waals surface area contributed by atoms with E-state index in [1.807, 2.05) is 12.4 Å². The third kappa shape index (κ3) is 3.26. The first kappa shape index (κ1) is 13.0. The minimum Gasteiger partial charge on any atom is -0.309 e. The number of sulfone groups is 1. The van der Waals surface area contributed by atoms with Gasteiger partial charge in [0, 0.05) is 10.9 Å². The zero-order valence-corrected chi connectivity index (χ0v) is 11.8. The minimum atomic E-state index is -2.76. The van der Waals surface area contributed by atoms with Gasteiger partial charge in [-0.1, -0.05) is 0 Å². The van der Waals surface area contributed by atoms with Gasteiger partial charge in [-0.15, -0.1) is 11.3 Å². The van der Waals surface area contributed by atoms with E-state index in [-0.39, 0.29) is 12.0 Å². The van der Waals surface area contributed by atoms with Crippen molar-refractivity contribution < 1.29 is 8.42 Å². The van der Waals surface area contributed by atoms with E-state index >= 15 is 0 Å². The van der Waals surface area contributed by atoms with Crippen LogP contribution in [0.4, 0.5) is 0 Å². The largest absolute Gasteiger partial charge is 0.309 e. The first-order valence-corrected chi connectivity index (χ1v) is 8.52. The van der Waals surface area contributed by atoms with Crippen LogP contribution in [0.15, 0.2) is 5.51 Å². The minimum absolute atomic E-state index is 0.255. The molecule has 0 aromatic carbocycles. The molecule has 0 amide bonds. The highest BCUT2D eigenvalue weighted by molar-refractivity contribution is 7.91. The van der Waals surface area contributed by atoms with Crippen LogP contribution in [0, 0.1) is 12.8 Å². The van der Waals surface area contributed by atoms with Crippen molar-refractivity contribution in [2.75, 3.05) is 18.1 Å². The van der Waals surface area contributed by atoms with Crippen LogP contribution in [-0.4, -0.2) is 31.5 Å². The Bertz CT molecular complexity index is 481. The van der Waals surface area contributed by atoms with Gasteiger partial charge in [-0.3, -0.25) is 0 Å². The molecule has 0 aliphatic carbocycles. The molecule has 1 saturated heterocycles. The Kier molecular flexibility index (Phi) is 3.85. The molecule has 1 aliphatic rings. The number of aryl methyl sites for hydroxylation is 1. The van der Waals surface area contributed by atoms with E-state index in [1.54, 1.807) is 11.3 Å². The molecule has 4 nitrogen and oxygen atoms in total. The number of aromatic nitrogens is 1. The predicted molar refractivity (Wildman–Crippen MR) is 70.0 cm³/mol. The molecule has 17 heavy (non-hydrogen) atoms. The Balaban J connectivity index is 1.85. The van der Waals surface area contributed by atoms with Gasteiger partial charge in [0.05, 0.1) is 22.7 Å². The van der Waals surface area contributed by atoms with Gasteiger partial charge < -0.3 is 5.32 Å². The lowest BCUT2D eigenvalue weighted by Gasteiger charge is -2.15. The van der Waals surface area contributed by atoms with E-state index < -0.39 is 9.84 Å². The molecule has 1 aromatic heterocycles. The van der Waals surface area contributed by atoms with Crippen molar-refractivity contribution >= 4 is 21.2 Å².